The van der Waals surface area contributed by atoms with Crippen LogP contribution in [-0.4, -0.2) is 24.6 Å². The van der Waals surface area contributed by atoms with Crippen molar-refractivity contribution in [1.29, 1.82) is 0 Å². The molecule has 1 aliphatic rings. The van der Waals surface area contributed by atoms with Crippen LogP contribution in [0.2, 0.25) is 5.02 Å². The first-order chi connectivity index (χ1) is 8.72. The summed E-state index contributed by atoms with van der Waals surface area (Å²) < 4.78 is 0. The van der Waals surface area contributed by atoms with Crippen LogP contribution in [0.25, 0.3) is 0 Å². The molecule has 0 radical (unpaired) electrons. The fraction of sp³-hybridized carbons (Fsp3) is 0.643. The van der Waals surface area contributed by atoms with Gasteiger partial charge in [0.25, 0.3) is 0 Å². The second kappa shape index (κ2) is 6.39. The summed E-state index contributed by atoms with van der Waals surface area (Å²) in [6, 6.07) is 2.70. The Morgan fingerprint density at radius 2 is 2.28 bits per heavy atom. The Bertz CT molecular complexity index is 395. The summed E-state index contributed by atoms with van der Waals surface area (Å²) in [6.45, 7) is 4.19. The molecule has 2 heterocycles. The van der Waals surface area contributed by atoms with Crippen molar-refractivity contribution >= 4 is 17.4 Å². The van der Waals surface area contributed by atoms with Gasteiger partial charge in [-0.2, -0.15) is 0 Å². The van der Waals surface area contributed by atoms with Gasteiger partial charge in [0.2, 0.25) is 0 Å². The molecule has 1 fully saturated rings. The number of rotatable bonds is 3. The molecule has 1 unspecified atom stereocenters. The van der Waals surface area contributed by atoms with E-state index in [1.165, 1.54) is 25.7 Å². The van der Waals surface area contributed by atoms with Gasteiger partial charge >= 0.3 is 0 Å². The highest BCUT2D eigenvalue weighted by atomic mass is 35.5. The molecule has 0 spiro atoms. The van der Waals surface area contributed by atoms with Crippen molar-refractivity contribution in [2.75, 3.05) is 18.5 Å². The molecule has 0 bridgehead atoms. The highest BCUT2D eigenvalue weighted by Crippen LogP contribution is 2.25. The first kappa shape index (κ1) is 13.6. The molecule has 1 aliphatic heterocycles. The molecular weight excluding hydrogens is 246 g/mol. The lowest BCUT2D eigenvalue weighted by atomic mass is 10.1. The minimum atomic E-state index is 0.573. The van der Waals surface area contributed by atoms with Crippen LogP contribution in [0.5, 0.6) is 0 Å². The number of anilines is 1. The zero-order valence-corrected chi connectivity index (χ0v) is 12.0. The van der Waals surface area contributed by atoms with Gasteiger partial charge in [0.05, 0.1) is 5.02 Å². The van der Waals surface area contributed by atoms with Crippen LogP contribution in [0.1, 0.15) is 38.2 Å². The van der Waals surface area contributed by atoms with Crippen molar-refractivity contribution < 1.29 is 0 Å². The molecule has 4 heteroatoms. The van der Waals surface area contributed by atoms with E-state index in [0.717, 1.165) is 29.5 Å². The summed E-state index contributed by atoms with van der Waals surface area (Å²) in [4.78, 5) is 6.92. The van der Waals surface area contributed by atoms with Gasteiger partial charge in [-0.15, -0.1) is 0 Å². The van der Waals surface area contributed by atoms with Crippen molar-refractivity contribution in [3.63, 3.8) is 0 Å². The maximum absolute atomic E-state index is 6.16. The van der Waals surface area contributed by atoms with E-state index in [1.807, 2.05) is 7.05 Å². The van der Waals surface area contributed by atoms with Crippen LogP contribution in [-0.2, 0) is 6.54 Å². The van der Waals surface area contributed by atoms with Crippen molar-refractivity contribution in [2.45, 2.75) is 45.2 Å². The lowest BCUT2D eigenvalue weighted by Gasteiger charge is -2.28. The fourth-order valence-electron chi connectivity index (χ4n) is 2.57. The minimum absolute atomic E-state index is 0.573. The van der Waals surface area contributed by atoms with E-state index >= 15 is 0 Å². The molecule has 2 rings (SSSR count). The van der Waals surface area contributed by atoms with Crippen LogP contribution in [0, 0.1) is 0 Å². The third-order valence-corrected chi connectivity index (χ3v) is 3.98. The third-order valence-electron chi connectivity index (χ3n) is 3.63. The van der Waals surface area contributed by atoms with Gasteiger partial charge in [-0.05, 0) is 38.4 Å². The number of aromatic nitrogens is 1. The average molecular weight is 268 g/mol. The first-order valence-electron chi connectivity index (χ1n) is 6.78. The summed E-state index contributed by atoms with van der Waals surface area (Å²) in [6.07, 6.45) is 6.95. The van der Waals surface area contributed by atoms with Crippen molar-refractivity contribution in [2.24, 2.45) is 0 Å². The third kappa shape index (κ3) is 3.15. The predicted molar refractivity (Wildman–Crippen MR) is 77.3 cm³/mol. The molecule has 0 amide bonds. The van der Waals surface area contributed by atoms with Crippen molar-refractivity contribution in [3.05, 3.63) is 22.8 Å². The molecule has 1 N–H and O–H groups in total. The zero-order chi connectivity index (χ0) is 13.0. The average Bonchev–Trinajstić information content (AvgIpc) is 2.57. The lowest BCUT2D eigenvalue weighted by Crippen LogP contribution is -2.33. The predicted octanol–water partition coefficient (Wildman–Crippen LogP) is 3.22. The Hall–Kier alpha value is -0.800. The van der Waals surface area contributed by atoms with Crippen LogP contribution in [0.3, 0.4) is 0 Å². The van der Waals surface area contributed by atoms with E-state index in [4.69, 9.17) is 11.6 Å². The smallest absolute Gasteiger partial charge is 0.129 e. The van der Waals surface area contributed by atoms with E-state index < -0.39 is 0 Å². The number of nitrogens with zero attached hydrogens (tertiary/aromatic N) is 2. The van der Waals surface area contributed by atoms with E-state index in [9.17, 15) is 0 Å². The molecule has 3 nitrogen and oxygen atoms in total. The monoisotopic (exact) mass is 267 g/mol. The molecule has 0 aromatic carbocycles. The van der Waals surface area contributed by atoms with E-state index in [0.29, 0.717) is 6.04 Å². The van der Waals surface area contributed by atoms with Gasteiger partial charge in [-0.25, -0.2) is 4.98 Å². The highest BCUT2D eigenvalue weighted by molar-refractivity contribution is 6.31. The fourth-order valence-corrected chi connectivity index (χ4v) is 2.74. The Labute approximate surface area is 115 Å². The minimum Gasteiger partial charge on any atom is -0.354 e. The standard InChI is InChI=1S/C14H22ClN3/c1-11-6-4-3-5-7-18(11)14-8-12(9-16-2)13(15)10-17-14/h8,10-11,16H,3-7,9H2,1-2H3. The normalized spacial score (nSPS) is 20.8. The van der Waals surface area contributed by atoms with E-state index in [1.54, 1.807) is 6.20 Å². The van der Waals surface area contributed by atoms with Gasteiger partial charge in [0.1, 0.15) is 5.82 Å². The van der Waals surface area contributed by atoms with Crippen molar-refractivity contribution in [1.82, 2.24) is 10.3 Å². The van der Waals surface area contributed by atoms with E-state index in [2.05, 4.69) is 28.2 Å². The van der Waals surface area contributed by atoms with Crippen LogP contribution < -0.4 is 10.2 Å². The Morgan fingerprint density at radius 1 is 1.44 bits per heavy atom. The SMILES string of the molecule is CNCc1cc(N2CCCCCC2C)ncc1Cl. The topological polar surface area (TPSA) is 28.2 Å². The number of halogens is 1. The summed E-state index contributed by atoms with van der Waals surface area (Å²) in [5.74, 6) is 1.07. The Balaban J connectivity index is 2.23. The molecule has 0 saturated carbocycles. The van der Waals surface area contributed by atoms with Crippen LogP contribution >= 0.6 is 11.6 Å². The molecule has 100 valence electrons. The lowest BCUT2D eigenvalue weighted by molar-refractivity contribution is 0.610. The van der Waals surface area contributed by atoms with Gasteiger partial charge in [-0.3, -0.25) is 0 Å². The van der Waals surface area contributed by atoms with Gasteiger partial charge < -0.3 is 10.2 Å². The Kier molecular flexibility index (Phi) is 4.84. The summed E-state index contributed by atoms with van der Waals surface area (Å²) in [5, 5.41) is 3.89. The van der Waals surface area contributed by atoms with Gasteiger partial charge in [0, 0.05) is 25.3 Å². The number of pyridine rings is 1. The molecule has 1 saturated heterocycles. The maximum atomic E-state index is 6.16. The summed E-state index contributed by atoms with van der Waals surface area (Å²) in [5.41, 5.74) is 1.13. The maximum Gasteiger partial charge on any atom is 0.129 e. The van der Waals surface area contributed by atoms with Crippen LogP contribution in [0.4, 0.5) is 5.82 Å². The second-order valence-electron chi connectivity index (χ2n) is 5.06. The number of hydrogen-bond donors (Lipinski definition) is 1. The first-order valence-corrected chi connectivity index (χ1v) is 7.16. The zero-order valence-electron chi connectivity index (χ0n) is 11.2. The van der Waals surface area contributed by atoms with Crippen LogP contribution in [0.15, 0.2) is 12.3 Å². The highest BCUT2D eigenvalue weighted by Gasteiger charge is 2.18. The molecule has 0 aliphatic carbocycles. The summed E-state index contributed by atoms with van der Waals surface area (Å²) in [7, 11) is 1.94. The Morgan fingerprint density at radius 3 is 3.06 bits per heavy atom. The molecule has 1 atom stereocenters. The second-order valence-corrected chi connectivity index (χ2v) is 5.46. The molecule has 1 aromatic rings. The quantitative estimate of drug-likeness (QED) is 0.911. The number of hydrogen-bond acceptors (Lipinski definition) is 3. The molecule has 18 heavy (non-hydrogen) atoms. The van der Waals surface area contributed by atoms with Crippen molar-refractivity contribution in [3.8, 4) is 0 Å². The van der Waals surface area contributed by atoms with Gasteiger partial charge in [-0.1, -0.05) is 24.4 Å². The largest absolute Gasteiger partial charge is 0.354 e. The van der Waals surface area contributed by atoms with Gasteiger partial charge in [0.15, 0.2) is 0 Å². The number of nitrogens with one attached hydrogen (secondary N) is 1. The van der Waals surface area contributed by atoms with E-state index in [-0.39, 0.29) is 0 Å². The molecular formula is C14H22ClN3. The molecule has 1 aromatic heterocycles. The summed E-state index contributed by atoms with van der Waals surface area (Å²) >= 11 is 6.16.